The van der Waals surface area contributed by atoms with E-state index in [1.54, 1.807) is 29.4 Å². The van der Waals surface area contributed by atoms with Crippen molar-refractivity contribution in [3.8, 4) is 0 Å². The number of hydrogen-bond acceptors (Lipinski definition) is 6. The van der Waals surface area contributed by atoms with Crippen molar-refractivity contribution in [1.82, 2.24) is 24.6 Å². The van der Waals surface area contributed by atoms with Gasteiger partial charge in [0.1, 0.15) is 18.4 Å². The maximum atomic E-state index is 13.3. The van der Waals surface area contributed by atoms with Crippen molar-refractivity contribution in [1.29, 1.82) is 0 Å². The first-order valence-corrected chi connectivity index (χ1v) is 11.0. The lowest BCUT2D eigenvalue weighted by molar-refractivity contribution is -0.138. The monoisotopic (exact) mass is 447 g/mol. The highest BCUT2D eigenvalue weighted by atomic mass is 16.2. The maximum absolute atomic E-state index is 13.3. The summed E-state index contributed by atoms with van der Waals surface area (Å²) < 4.78 is 1.43. The molecule has 10 heteroatoms. The Bertz CT molecular complexity index is 1270. The Morgan fingerprint density at radius 2 is 2.03 bits per heavy atom. The highest BCUT2D eigenvalue weighted by Crippen LogP contribution is 2.48. The van der Waals surface area contributed by atoms with Gasteiger partial charge in [-0.3, -0.25) is 24.0 Å². The van der Waals surface area contributed by atoms with E-state index in [9.17, 15) is 14.4 Å². The molecule has 0 spiro atoms. The van der Waals surface area contributed by atoms with E-state index in [-0.39, 0.29) is 36.0 Å². The first-order chi connectivity index (χ1) is 15.8. The second-order valence-electron chi connectivity index (χ2n) is 8.97. The second kappa shape index (κ2) is 7.95. The average Bonchev–Trinajstić information content (AvgIpc) is 3.29. The minimum atomic E-state index is -0.672. The predicted octanol–water partition coefficient (Wildman–Crippen LogP) is 1.68. The largest absolute Gasteiger partial charge is 0.364 e. The first kappa shape index (κ1) is 21.0. The number of nitrogens with one attached hydrogen (secondary N) is 1. The van der Waals surface area contributed by atoms with Gasteiger partial charge in [0, 0.05) is 23.3 Å². The van der Waals surface area contributed by atoms with Gasteiger partial charge < -0.3 is 16.0 Å². The average molecular weight is 447 g/mol. The Morgan fingerprint density at radius 3 is 2.79 bits per heavy atom. The fourth-order valence-electron chi connectivity index (χ4n) is 4.63. The van der Waals surface area contributed by atoms with Gasteiger partial charge >= 0.3 is 0 Å². The third-order valence-electron chi connectivity index (χ3n) is 6.38. The van der Waals surface area contributed by atoms with Crippen molar-refractivity contribution in [2.45, 2.75) is 51.2 Å². The van der Waals surface area contributed by atoms with Crippen LogP contribution in [0.2, 0.25) is 0 Å². The van der Waals surface area contributed by atoms with Gasteiger partial charge in [-0.25, -0.2) is 4.98 Å². The number of rotatable bonds is 6. The number of carbonyl (C=O) groups excluding carboxylic acids is 3. The lowest BCUT2D eigenvalue weighted by Gasteiger charge is -2.27. The molecule has 2 fully saturated rings. The molecule has 10 nitrogen and oxygen atoms in total. The molecule has 3 aromatic heterocycles. The van der Waals surface area contributed by atoms with Crippen LogP contribution < -0.4 is 11.1 Å². The van der Waals surface area contributed by atoms with Crippen LogP contribution in [0.5, 0.6) is 0 Å². The first-order valence-electron chi connectivity index (χ1n) is 11.0. The van der Waals surface area contributed by atoms with Crippen molar-refractivity contribution in [3.63, 3.8) is 0 Å². The number of piperidine rings is 1. The van der Waals surface area contributed by atoms with E-state index in [0.29, 0.717) is 29.1 Å². The van der Waals surface area contributed by atoms with E-state index in [1.165, 1.54) is 4.68 Å². The minimum absolute atomic E-state index is 0.0544. The minimum Gasteiger partial charge on any atom is -0.364 e. The number of carbonyl (C=O) groups is 3. The van der Waals surface area contributed by atoms with E-state index in [0.717, 1.165) is 12.1 Å². The zero-order valence-electron chi connectivity index (χ0n) is 18.4. The number of amides is 3. The molecule has 1 aliphatic carbocycles. The number of nitrogens with zero attached hydrogens (tertiary/aromatic N) is 5. The van der Waals surface area contributed by atoms with Crippen molar-refractivity contribution < 1.29 is 14.4 Å². The smallest absolute Gasteiger partial charge is 0.269 e. The van der Waals surface area contributed by atoms with Gasteiger partial charge in [-0.1, -0.05) is 19.9 Å². The molecule has 0 bridgehead atoms. The van der Waals surface area contributed by atoms with Crippen LogP contribution >= 0.6 is 0 Å². The van der Waals surface area contributed by atoms with Gasteiger partial charge in [0.25, 0.3) is 5.91 Å². The molecule has 3 atom stereocenters. The quantitative estimate of drug-likeness (QED) is 0.590. The molecule has 4 heterocycles. The molecule has 3 aromatic rings. The van der Waals surface area contributed by atoms with Crippen LogP contribution in [-0.4, -0.2) is 54.5 Å². The number of aromatic nitrogens is 4. The number of nitrogens with two attached hydrogens (primary N) is 1. The topological polar surface area (TPSA) is 136 Å². The molecule has 1 aliphatic heterocycles. The fourth-order valence-corrected chi connectivity index (χ4v) is 4.63. The van der Waals surface area contributed by atoms with Crippen molar-refractivity contribution in [2.24, 2.45) is 11.7 Å². The van der Waals surface area contributed by atoms with Gasteiger partial charge in [0.15, 0.2) is 5.69 Å². The molecule has 170 valence electrons. The van der Waals surface area contributed by atoms with E-state index in [1.807, 2.05) is 26.0 Å². The lowest BCUT2D eigenvalue weighted by Crippen LogP contribution is -2.46. The van der Waals surface area contributed by atoms with Gasteiger partial charge in [0.05, 0.1) is 11.7 Å². The molecule has 3 N–H and O–H groups in total. The molecule has 1 saturated carbocycles. The molecule has 33 heavy (non-hydrogen) atoms. The summed E-state index contributed by atoms with van der Waals surface area (Å²) in [5.74, 6) is -0.0923. The normalized spacial score (nSPS) is 21.3. The zero-order valence-corrected chi connectivity index (χ0v) is 18.4. The van der Waals surface area contributed by atoms with Crippen LogP contribution in [0.3, 0.4) is 0 Å². The van der Waals surface area contributed by atoms with Gasteiger partial charge in [0.2, 0.25) is 11.8 Å². The van der Waals surface area contributed by atoms with E-state index in [2.05, 4.69) is 20.4 Å². The summed E-state index contributed by atoms with van der Waals surface area (Å²) >= 11 is 0. The molecule has 0 aromatic carbocycles. The lowest BCUT2D eigenvalue weighted by atomic mass is 10.1. The number of pyridine rings is 2. The summed E-state index contributed by atoms with van der Waals surface area (Å²) in [5, 5.41) is 7.67. The van der Waals surface area contributed by atoms with Crippen LogP contribution in [0.25, 0.3) is 10.9 Å². The summed E-state index contributed by atoms with van der Waals surface area (Å²) in [4.78, 5) is 48.4. The number of fused-ring (bicyclic) bond motifs is 2. The highest BCUT2D eigenvalue weighted by molar-refractivity contribution is 6.04. The number of primary amides is 1. The molecule has 3 amide bonds. The maximum Gasteiger partial charge on any atom is 0.269 e. The molecule has 5 rings (SSSR count). The third-order valence-corrected chi connectivity index (χ3v) is 6.38. The Hall–Kier alpha value is -3.82. The predicted molar refractivity (Wildman–Crippen MR) is 120 cm³/mol. The standard InChI is InChI=1S/C23H25N7O3/c1-12(2)15-4-3-5-19(26-15)27-23(33)17-9-13-8-16(13)30(17)20(31)11-29-18-10-25-7-6-14(18)21(28-29)22(24)32/h3-7,10,12-13,16-17H,8-9,11H2,1-2H3,(H2,24,32)(H,26,27,33)/t13-,16-,17+/m1/s1. The molecule has 2 aliphatic rings. The van der Waals surface area contributed by atoms with Crippen LogP contribution in [0.1, 0.15) is 48.8 Å². The van der Waals surface area contributed by atoms with E-state index >= 15 is 0 Å². The highest BCUT2D eigenvalue weighted by Gasteiger charge is 2.56. The Labute approximate surface area is 190 Å². The van der Waals surface area contributed by atoms with Gasteiger partial charge in [-0.2, -0.15) is 5.10 Å². The molecule has 1 saturated heterocycles. The summed E-state index contributed by atoms with van der Waals surface area (Å²) in [6.07, 6.45) is 4.61. The Balaban J connectivity index is 1.36. The summed E-state index contributed by atoms with van der Waals surface area (Å²) in [6.45, 7) is 3.97. The van der Waals surface area contributed by atoms with Crippen LogP contribution in [0, 0.1) is 5.92 Å². The zero-order chi connectivity index (χ0) is 23.3. The molecular formula is C23H25N7O3. The van der Waals surface area contributed by atoms with Crippen LogP contribution in [-0.2, 0) is 16.1 Å². The van der Waals surface area contributed by atoms with E-state index < -0.39 is 11.9 Å². The molecular weight excluding hydrogens is 422 g/mol. The number of hydrogen-bond donors (Lipinski definition) is 2. The van der Waals surface area contributed by atoms with Crippen LogP contribution in [0.4, 0.5) is 5.82 Å². The summed E-state index contributed by atoms with van der Waals surface area (Å²) in [6, 6.07) is 6.66. The summed E-state index contributed by atoms with van der Waals surface area (Å²) in [7, 11) is 0. The second-order valence-corrected chi connectivity index (χ2v) is 8.97. The van der Waals surface area contributed by atoms with Gasteiger partial charge in [-0.05, 0) is 42.9 Å². The van der Waals surface area contributed by atoms with Crippen molar-refractivity contribution in [2.75, 3.05) is 5.32 Å². The van der Waals surface area contributed by atoms with Crippen molar-refractivity contribution in [3.05, 3.63) is 48.0 Å². The van der Waals surface area contributed by atoms with E-state index in [4.69, 9.17) is 5.73 Å². The third kappa shape index (κ3) is 3.81. The fraction of sp³-hybridized carbons (Fsp3) is 0.391. The Morgan fingerprint density at radius 1 is 1.21 bits per heavy atom. The van der Waals surface area contributed by atoms with Crippen molar-refractivity contribution >= 4 is 34.4 Å². The molecule has 0 radical (unpaired) electrons. The molecule has 0 unspecified atom stereocenters. The Kier molecular flexibility index (Phi) is 5.07. The number of likely N-dealkylation sites (tertiary alicyclic amines) is 1. The summed E-state index contributed by atoms with van der Waals surface area (Å²) in [5.41, 5.74) is 6.98. The SMILES string of the molecule is CC(C)c1cccc(NC(=O)[C@@H]2C[C@H]3C[C@H]3N2C(=O)Cn2nc(C(N)=O)c3ccncc32)n1. The number of anilines is 1. The van der Waals surface area contributed by atoms with Crippen LogP contribution in [0.15, 0.2) is 36.7 Å². The van der Waals surface area contributed by atoms with Gasteiger partial charge in [-0.15, -0.1) is 0 Å².